The molecule has 0 amide bonds. The van der Waals surface area contributed by atoms with E-state index in [0.29, 0.717) is 12.1 Å². The fourth-order valence-electron chi connectivity index (χ4n) is 1.42. The van der Waals surface area contributed by atoms with Crippen LogP contribution in [0.25, 0.3) is 0 Å². The molecule has 2 rings (SSSR count). The lowest BCUT2D eigenvalue weighted by Gasteiger charge is -2.13. The van der Waals surface area contributed by atoms with Crippen molar-refractivity contribution < 1.29 is 61.1 Å². The molecule has 0 bridgehead atoms. The fourth-order valence-corrected chi connectivity index (χ4v) is 2.31. The zero-order valence-electron chi connectivity index (χ0n) is 15.1. The Labute approximate surface area is 167 Å². The Hall–Kier alpha value is -2.23. The molecule has 1 saturated carbocycles. The molecule has 0 unspecified atom stereocenters. The SMILES string of the molecule is CC1CC1.COC(=O)c1cc(OS(=O)(=O)C(F)(F)F)cc(OS(=O)(=O)C(F)(F)F)c1. The molecule has 0 radical (unpaired) electrons. The summed E-state index contributed by atoms with van der Waals surface area (Å²) < 4.78 is 129. The van der Waals surface area contributed by atoms with Crippen LogP contribution in [-0.2, 0) is 25.0 Å². The molecule has 16 heteroatoms. The Bertz CT molecular complexity index is 914. The van der Waals surface area contributed by atoms with Gasteiger partial charge in [0.15, 0.2) is 0 Å². The van der Waals surface area contributed by atoms with E-state index in [1.54, 1.807) is 0 Å². The second-order valence-corrected chi connectivity index (χ2v) is 8.91. The van der Waals surface area contributed by atoms with Crippen molar-refractivity contribution in [2.75, 3.05) is 7.11 Å². The highest BCUT2D eigenvalue weighted by Gasteiger charge is 2.50. The molecule has 1 aliphatic carbocycles. The van der Waals surface area contributed by atoms with E-state index in [1.807, 2.05) is 0 Å². The third kappa shape index (κ3) is 7.23. The number of rotatable bonds is 5. The highest BCUT2D eigenvalue weighted by molar-refractivity contribution is 7.88. The van der Waals surface area contributed by atoms with Crippen molar-refractivity contribution >= 4 is 26.2 Å². The Morgan fingerprint density at radius 2 is 1.20 bits per heavy atom. The minimum Gasteiger partial charge on any atom is -0.465 e. The molecule has 172 valence electrons. The highest BCUT2D eigenvalue weighted by atomic mass is 32.2. The van der Waals surface area contributed by atoms with Gasteiger partial charge in [-0.3, -0.25) is 0 Å². The molecule has 30 heavy (non-hydrogen) atoms. The van der Waals surface area contributed by atoms with Crippen molar-refractivity contribution in [1.82, 2.24) is 0 Å². The second kappa shape index (κ2) is 8.87. The predicted molar refractivity (Wildman–Crippen MR) is 87.4 cm³/mol. The van der Waals surface area contributed by atoms with Crippen LogP contribution in [-0.4, -0.2) is 40.9 Å². The third-order valence-corrected chi connectivity index (χ3v) is 5.10. The first-order chi connectivity index (χ1) is 13.4. The van der Waals surface area contributed by atoms with Gasteiger partial charge in [0.1, 0.15) is 11.5 Å². The van der Waals surface area contributed by atoms with Crippen LogP contribution < -0.4 is 8.37 Å². The van der Waals surface area contributed by atoms with Gasteiger partial charge in [0, 0.05) is 6.07 Å². The van der Waals surface area contributed by atoms with Gasteiger partial charge in [0.2, 0.25) is 0 Å². The van der Waals surface area contributed by atoms with Gasteiger partial charge in [-0.2, -0.15) is 43.2 Å². The molecule has 1 aromatic carbocycles. The standard InChI is InChI=1S/C10H6F6O8S2.C4H8/c1-22-8(17)5-2-6(23-25(18,19)9(11,12)13)4-7(3-5)24-26(20,21)10(14,15)16;1-4-2-3-4/h2-4H,1H3;4H,2-3H2,1H3. The van der Waals surface area contributed by atoms with E-state index >= 15 is 0 Å². The van der Waals surface area contributed by atoms with Gasteiger partial charge >= 0.3 is 37.2 Å². The molecule has 0 N–H and O–H groups in total. The molecule has 1 aromatic rings. The predicted octanol–water partition coefficient (Wildman–Crippen LogP) is 3.35. The van der Waals surface area contributed by atoms with Gasteiger partial charge < -0.3 is 13.1 Å². The highest BCUT2D eigenvalue weighted by Crippen LogP contribution is 2.33. The van der Waals surface area contributed by atoms with E-state index in [2.05, 4.69) is 20.0 Å². The number of halogens is 6. The molecule has 0 atom stereocenters. The summed E-state index contributed by atoms with van der Waals surface area (Å²) in [5, 5.41) is 0. The summed E-state index contributed by atoms with van der Waals surface area (Å²) in [6, 6.07) is 0.781. The molecular formula is C14H14F6O8S2. The van der Waals surface area contributed by atoms with Gasteiger partial charge in [-0.1, -0.05) is 19.8 Å². The summed E-state index contributed by atoms with van der Waals surface area (Å²) in [6.45, 7) is 2.28. The topological polar surface area (TPSA) is 113 Å². The minimum atomic E-state index is -6.27. The van der Waals surface area contributed by atoms with Gasteiger partial charge in [0.05, 0.1) is 12.7 Å². The first-order valence-corrected chi connectivity index (χ1v) is 10.5. The van der Waals surface area contributed by atoms with E-state index in [1.165, 1.54) is 12.8 Å². The van der Waals surface area contributed by atoms with Crippen LogP contribution >= 0.6 is 0 Å². The lowest BCUT2D eigenvalue weighted by Crippen LogP contribution is -2.29. The zero-order chi connectivity index (χ0) is 23.5. The monoisotopic (exact) mass is 488 g/mol. The number of benzene rings is 1. The molecule has 1 aliphatic rings. The number of esters is 1. The number of methoxy groups -OCH3 is 1. The van der Waals surface area contributed by atoms with E-state index in [-0.39, 0.29) is 6.07 Å². The molecule has 8 nitrogen and oxygen atoms in total. The number of carbonyl (C=O) groups excluding carboxylic acids is 1. The summed E-state index contributed by atoms with van der Waals surface area (Å²) in [5.41, 5.74) is -12.7. The second-order valence-electron chi connectivity index (χ2n) is 5.83. The largest absolute Gasteiger partial charge is 0.534 e. The molecule has 0 spiro atoms. The van der Waals surface area contributed by atoms with Crippen molar-refractivity contribution in [1.29, 1.82) is 0 Å². The van der Waals surface area contributed by atoms with Crippen LogP contribution in [0, 0.1) is 5.92 Å². The van der Waals surface area contributed by atoms with Crippen LogP contribution in [0.1, 0.15) is 30.1 Å². The van der Waals surface area contributed by atoms with Gasteiger partial charge in [-0.15, -0.1) is 0 Å². The third-order valence-electron chi connectivity index (χ3n) is 3.15. The van der Waals surface area contributed by atoms with Crippen LogP contribution in [0.2, 0.25) is 0 Å². The maximum atomic E-state index is 12.3. The summed E-state index contributed by atoms with van der Waals surface area (Å²) in [5.74, 6) is -2.98. The van der Waals surface area contributed by atoms with Crippen LogP contribution in [0.5, 0.6) is 11.5 Å². The fraction of sp³-hybridized carbons (Fsp3) is 0.500. The van der Waals surface area contributed by atoms with E-state index < -0.39 is 54.3 Å². The molecule has 0 aliphatic heterocycles. The number of hydrogen-bond donors (Lipinski definition) is 0. The lowest BCUT2D eigenvalue weighted by atomic mass is 10.2. The summed E-state index contributed by atoms with van der Waals surface area (Å²) >= 11 is 0. The van der Waals surface area contributed by atoms with Gasteiger partial charge in [0.25, 0.3) is 0 Å². The maximum absolute atomic E-state index is 12.3. The normalized spacial score (nSPS) is 14.9. The average molecular weight is 488 g/mol. The van der Waals surface area contributed by atoms with Gasteiger partial charge in [-0.25, -0.2) is 4.79 Å². The lowest BCUT2D eigenvalue weighted by molar-refractivity contribution is -0.0502. The van der Waals surface area contributed by atoms with E-state index in [9.17, 15) is 48.0 Å². The Kier molecular flexibility index (Phi) is 7.63. The van der Waals surface area contributed by atoms with Crippen molar-refractivity contribution in [3.05, 3.63) is 23.8 Å². The maximum Gasteiger partial charge on any atom is 0.534 e. The smallest absolute Gasteiger partial charge is 0.465 e. The average Bonchev–Trinajstić information content (AvgIpc) is 3.33. The van der Waals surface area contributed by atoms with Crippen LogP contribution in [0.3, 0.4) is 0 Å². The Balaban J connectivity index is 0.000000998. The first kappa shape index (κ1) is 25.8. The van der Waals surface area contributed by atoms with Crippen LogP contribution in [0.15, 0.2) is 18.2 Å². The molecule has 0 aromatic heterocycles. The van der Waals surface area contributed by atoms with E-state index in [4.69, 9.17) is 0 Å². The van der Waals surface area contributed by atoms with E-state index in [0.717, 1.165) is 13.0 Å². The number of alkyl halides is 6. The van der Waals surface area contributed by atoms with Crippen molar-refractivity contribution in [3.63, 3.8) is 0 Å². The first-order valence-electron chi connectivity index (χ1n) is 7.64. The van der Waals surface area contributed by atoms with Crippen molar-refractivity contribution in [2.24, 2.45) is 5.92 Å². The minimum absolute atomic E-state index is 0.0824. The Morgan fingerprint density at radius 3 is 1.43 bits per heavy atom. The molecule has 0 heterocycles. The summed E-state index contributed by atoms with van der Waals surface area (Å²) in [4.78, 5) is 11.4. The Morgan fingerprint density at radius 1 is 0.867 bits per heavy atom. The molecular weight excluding hydrogens is 474 g/mol. The summed E-state index contributed by atoms with van der Waals surface area (Å²) in [7, 11) is -11.8. The van der Waals surface area contributed by atoms with Crippen LogP contribution in [0.4, 0.5) is 26.3 Å². The number of hydrogen-bond acceptors (Lipinski definition) is 8. The van der Waals surface area contributed by atoms with Gasteiger partial charge in [-0.05, 0) is 18.1 Å². The van der Waals surface area contributed by atoms with Crippen molar-refractivity contribution in [3.8, 4) is 11.5 Å². The number of carbonyl (C=O) groups is 1. The molecule has 1 fully saturated rings. The molecule has 0 saturated heterocycles. The van der Waals surface area contributed by atoms with Crippen molar-refractivity contribution in [2.45, 2.75) is 30.8 Å². The zero-order valence-corrected chi connectivity index (χ0v) is 16.7. The number of ether oxygens (including phenoxy) is 1. The quantitative estimate of drug-likeness (QED) is 0.268. The summed E-state index contributed by atoms with van der Waals surface area (Å²) in [6.07, 6.45) is 2.97.